The first-order valence-corrected chi connectivity index (χ1v) is 8.71. The predicted octanol–water partition coefficient (Wildman–Crippen LogP) is 4.49. The normalized spacial score (nSPS) is 10.8. The van der Waals surface area contributed by atoms with Crippen LogP contribution in [0.25, 0.3) is 21.7 Å². The van der Waals surface area contributed by atoms with Gasteiger partial charge >= 0.3 is 5.97 Å². The number of methoxy groups -OCH3 is 1. The molecule has 3 aromatic heterocycles. The molecule has 4 rings (SSSR count). The van der Waals surface area contributed by atoms with Gasteiger partial charge in [-0.15, -0.1) is 11.3 Å². The van der Waals surface area contributed by atoms with E-state index in [9.17, 15) is 4.79 Å². The van der Waals surface area contributed by atoms with Crippen LogP contribution in [0.4, 0.5) is 0 Å². The van der Waals surface area contributed by atoms with E-state index in [4.69, 9.17) is 14.0 Å². The minimum Gasteiger partial charge on any atom is -0.497 e. The van der Waals surface area contributed by atoms with Crippen molar-refractivity contribution in [2.75, 3.05) is 7.11 Å². The van der Waals surface area contributed by atoms with E-state index in [0.29, 0.717) is 39.6 Å². The van der Waals surface area contributed by atoms with Gasteiger partial charge in [0.2, 0.25) is 0 Å². The topological polar surface area (TPSA) is 74.5 Å². The molecule has 0 amide bonds. The molecule has 0 aliphatic rings. The summed E-state index contributed by atoms with van der Waals surface area (Å²) < 4.78 is 15.9. The molecule has 0 fully saturated rings. The second kappa shape index (κ2) is 6.61. The van der Waals surface area contributed by atoms with Crippen molar-refractivity contribution in [2.45, 2.75) is 6.92 Å². The molecule has 4 aromatic rings. The van der Waals surface area contributed by atoms with Crippen LogP contribution in [0, 0.1) is 6.92 Å². The molecule has 0 saturated heterocycles. The molecule has 0 aliphatic carbocycles. The van der Waals surface area contributed by atoms with Crippen LogP contribution in [0.15, 0.2) is 52.4 Å². The van der Waals surface area contributed by atoms with Gasteiger partial charge in [0.1, 0.15) is 11.5 Å². The van der Waals surface area contributed by atoms with Crippen molar-refractivity contribution in [1.29, 1.82) is 0 Å². The standard InChI is InChI=1S/C19H14N2O4S/c1-11-17-14(19(22)24-13-7-5-12(23-2)6-8-13)10-15(16-4-3-9-26-16)20-18(17)25-21-11/h3-10H,1-2H3. The zero-order valence-corrected chi connectivity index (χ0v) is 14.9. The molecular formula is C19H14N2O4S. The number of nitrogens with zero attached hydrogens (tertiary/aromatic N) is 2. The van der Waals surface area contributed by atoms with Crippen molar-refractivity contribution in [2.24, 2.45) is 0 Å². The first-order valence-electron chi connectivity index (χ1n) is 7.83. The predicted molar refractivity (Wildman–Crippen MR) is 97.8 cm³/mol. The molecule has 0 atom stereocenters. The lowest BCUT2D eigenvalue weighted by molar-refractivity contribution is 0.0736. The number of aromatic nitrogens is 2. The van der Waals surface area contributed by atoms with Crippen LogP contribution in [0.3, 0.4) is 0 Å². The van der Waals surface area contributed by atoms with Gasteiger partial charge in [-0.05, 0) is 48.7 Å². The number of ether oxygens (including phenoxy) is 2. The lowest BCUT2D eigenvalue weighted by Crippen LogP contribution is -2.10. The Kier molecular flexibility index (Phi) is 4.14. The van der Waals surface area contributed by atoms with E-state index < -0.39 is 5.97 Å². The summed E-state index contributed by atoms with van der Waals surface area (Å²) in [4.78, 5) is 18.2. The van der Waals surface area contributed by atoms with Gasteiger partial charge < -0.3 is 14.0 Å². The van der Waals surface area contributed by atoms with Gasteiger partial charge in [-0.2, -0.15) is 0 Å². The highest BCUT2D eigenvalue weighted by Gasteiger charge is 2.21. The highest BCUT2D eigenvalue weighted by Crippen LogP contribution is 2.30. The largest absolute Gasteiger partial charge is 0.497 e. The van der Waals surface area contributed by atoms with Crippen molar-refractivity contribution in [3.8, 4) is 22.1 Å². The number of thiophene rings is 1. The third-order valence-electron chi connectivity index (χ3n) is 3.88. The Balaban J connectivity index is 1.75. The van der Waals surface area contributed by atoms with Crippen LogP contribution in [0.2, 0.25) is 0 Å². The number of rotatable bonds is 4. The van der Waals surface area contributed by atoms with E-state index in [1.54, 1.807) is 44.4 Å². The molecule has 0 aliphatic heterocycles. The molecule has 0 radical (unpaired) electrons. The number of hydrogen-bond donors (Lipinski definition) is 0. The van der Waals surface area contributed by atoms with Gasteiger partial charge in [-0.3, -0.25) is 0 Å². The molecule has 130 valence electrons. The van der Waals surface area contributed by atoms with E-state index >= 15 is 0 Å². The minimum absolute atomic E-state index is 0.315. The highest BCUT2D eigenvalue weighted by molar-refractivity contribution is 7.13. The lowest BCUT2D eigenvalue weighted by atomic mass is 10.1. The number of carbonyl (C=O) groups excluding carboxylic acids is 1. The highest BCUT2D eigenvalue weighted by atomic mass is 32.1. The van der Waals surface area contributed by atoms with E-state index in [2.05, 4.69) is 10.1 Å². The van der Waals surface area contributed by atoms with Crippen LogP contribution in [0.5, 0.6) is 11.5 Å². The van der Waals surface area contributed by atoms with Crippen molar-refractivity contribution in [1.82, 2.24) is 10.1 Å². The Morgan fingerprint density at radius 2 is 1.92 bits per heavy atom. The molecular weight excluding hydrogens is 352 g/mol. The summed E-state index contributed by atoms with van der Waals surface area (Å²) in [6, 6.07) is 12.4. The first-order chi connectivity index (χ1) is 12.7. The zero-order valence-electron chi connectivity index (χ0n) is 14.1. The molecule has 0 bridgehead atoms. The van der Waals surface area contributed by atoms with E-state index in [-0.39, 0.29) is 0 Å². The number of benzene rings is 1. The number of carbonyl (C=O) groups is 1. The fourth-order valence-corrected chi connectivity index (χ4v) is 3.30. The molecule has 6 nitrogen and oxygen atoms in total. The number of aryl methyl sites for hydroxylation is 1. The zero-order chi connectivity index (χ0) is 18.1. The van der Waals surface area contributed by atoms with Crippen LogP contribution in [-0.4, -0.2) is 23.2 Å². The Labute approximate surface area is 153 Å². The van der Waals surface area contributed by atoms with Gasteiger partial charge in [0.25, 0.3) is 5.71 Å². The second-order valence-electron chi connectivity index (χ2n) is 5.55. The summed E-state index contributed by atoms with van der Waals surface area (Å²) in [5.41, 5.74) is 1.92. The lowest BCUT2D eigenvalue weighted by Gasteiger charge is -2.07. The number of hydrogen-bond acceptors (Lipinski definition) is 7. The summed E-state index contributed by atoms with van der Waals surface area (Å²) >= 11 is 1.53. The average Bonchev–Trinajstić information content (AvgIpc) is 3.32. The van der Waals surface area contributed by atoms with Gasteiger partial charge in [0.05, 0.1) is 34.3 Å². The van der Waals surface area contributed by atoms with Gasteiger partial charge in [0.15, 0.2) is 0 Å². The summed E-state index contributed by atoms with van der Waals surface area (Å²) in [6.45, 7) is 1.77. The maximum atomic E-state index is 12.8. The number of esters is 1. The summed E-state index contributed by atoms with van der Waals surface area (Å²) in [5.74, 6) is 0.616. The maximum Gasteiger partial charge on any atom is 0.344 e. The first kappa shape index (κ1) is 16.3. The molecule has 0 saturated carbocycles. The Hall–Kier alpha value is -3.19. The molecule has 3 heterocycles. The molecule has 0 spiro atoms. The summed E-state index contributed by atoms with van der Waals surface area (Å²) in [5, 5.41) is 6.44. The van der Waals surface area contributed by atoms with Crippen molar-refractivity contribution in [3.63, 3.8) is 0 Å². The van der Waals surface area contributed by atoms with E-state index in [1.807, 2.05) is 17.5 Å². The molecule has 0 N–H and O–H groups in total. The minimum atomic E-state index is -0.494. The van der Waals surface area contributed by atoms with Crippen LogP contribution in [0.1, 0.15) is 16.1 Å². The van der Waals surface area contributed by atoms with Crippen LogP contribution < -0.4 is 9.47 Å². The summed E-state index contributed by atoms with van der Waals surface area (Å²) in [7, 11) is 1.58. The van der Waals surface area contributed by atoms with Crippen LogP contribution in [-0.2, 0) is 0 Å². The average molecular weight is 366 g/mol. The van der Waals surface area contributed by atoms with E-state index in [1.165, 1.54) is 11.3 Å². The number of pyridine rings is 1. The van der Waals surface area contributed by atoms with Gasteiger partial charge in [-0.1, -0.05) is 11.2 Å². The quantitative estimate of drug-likeness (QED) is 0.391. The summed E-state index contributed by atoms with van der Waals surface area (Å²) in [6.07, 6.45) is 0. The Morgan fingerprint density at radius 1 is 1.15 bits per heavy atom. The fourth-order valence-electron chi connectivity index (χ4n) is 2.61. The van der Waals surface area contributed by atoms with Crippen molar-refractivity contribution >= 4 is 28.4 Å². The van der Waals surface area contributed by atoms with Gasteiger partial charge in [0, 0.05) is 0 Å². The van der Waals surface area contributed by atoms with Crippen molar-refractivity contribution in [3.05, 3.63) is 59.1 Å². The Morgan fingerprint density at radius 3 is 2.62 bits per heavy atom. The molecule has 26 heavy (non-hydrogen) atoms. The second-order valence-corrected chi connectivity index (χ2v) is 6.49. The van der Waals surface area contributed by atoms with E-state index in [0.717, 1.165) is 4.88 Å². The SMILES string of the molecule is COc1ccc(OC(=O)c2cc(-c3cccs3)nc3onc(C)c23)cc1. The maximum absolute atomic E-state index is 12.8. The third-order valence-corrected chi connectivity index (χ3v) is 4.77. The Bertz CT molecular complexity index is 1070. The fraction of sp³-hybridized carbons (Fsp3) is 0.105. The van der Waals surface area contributed by atoms with Crippen molar-refractivity contribution < 1.29 is 18.8 Å². The molecule has 7 heteroatoms. The molecule has 1 aromatic carbocycles. The molecule has 0 unspecified atom stereocenters. The monoisotopic (exact) mass is 366 g/mol. The number of fused-ring (bicyclic) bond motifs is 1. The van der Waals surface area contributed by atoms with Crippen LogP contribution >= 0.6 is 11.3 Å². The third kappa shape index (κ3) is 2.93. The smallest absolute Gasteiger partial charge is 0.344 e. The van der Waals surface area contributed by atoms with Gasteiger partial charge in [-0.25, -0.2) is 9.78 Å².